The first-order valence-electron chi connectivity index (χ1n) is 14.4. The number of benzene rings is 2. The molecule has 0 aliphatic rings. The van der Waals surface area contributed by atoms with Crippen molar-refractivity contribution in [2.24, 2.45) is 0 Å². The summed E-state index contributed by atoms with van der Waals surface area (Å²) in [4.78, 5) is 44.5. The van der Waals surface area contributed by atoms with E-state index < -0.39 is 17.9 Å². The Bertz CT molecular complexity index is 1550. The molecule has 4 rings (SSSR count). The Morgan fingerprint density at radius 2 is 1.80 bits per heavy atom. The number of hydrogen-bond acceptors (Lipinski definition) is 7. The second-order valence-electron chi connectivity index (χ2n) is 10.0. The molecular weight excluding hydrogens is 597 g/mol. The van der Waals surface area contributed by atoms with Crippen molar-refractivity contribution in [1.29, 1.82) is 0 Å². The Morgan fingerprint density at radius 1 is 1.05 bits per heavy atom. The molecule has 2 aromatic heterocycles. The van der Waals surface area contributed by atoms with Gasteiger partial charge >= 0.3 is 5.97 Å². The highest BCUT2D eigenvalue weighted by atomic mass is 32.1. The molecule has 0 radical (unpaired) electrons. The molecule has 44 heavy (non-hydrogen) atoms. The second-order valence-corrected chi connectivity index (χ2v) is 11.4. The standard InChI is InChI=1S/C33H36N4O5S2/c1-2-3-4-5-18-35-28(38)17-10-22-8-11-24(12-9-22)31-30(37-32(44-31)26-7-6-19-34-26)23-13-15-25(16-14-23)42-20-29(39)36-27(21-43)33(40)41/h6-17,19,27,34,43H,2-5,18,20-21H2,1H3,(H,35,38)(H,36,39)(H,40,41). The molecule has 9 nitrogen and oxygen atoms in total. The Labute approximate surface area is 266 Å². The summed E-state index contributed by atoms with van der Waals surface area (Å²) in [7, 11) is 0. The first-order valence-corrected chi connectivity index (χ1v) is 15.9. The number of carboxylic acid groups (broad SMARTS) is 1. The molecule has 1 atom stereocenters. The van der Waals surface area contributed by atoms with Crippen molar-refractivity contribution in [1.82, 2.24) is 20.6 Å². The van der Waals surface area contributed by atoms with Gasteiger partial charge in [-0.15, -0.1) is 11.3 Å². The molecule has 0 spiro atoms. The minimum Gasteiger partial charge on any atom is -0.484 e. The first kappa shape index (κ1) is 32.6. The van der Waals surface area contributed by atoms with Crippen LogP contribution in [-0.2, 0) is 14.4 Å². The van der Waals surface area contributed by atoms with Gasteiger partial charge in [0.25, 0.3) is 5.91 Å². The number of ether oxygens (including phenoxy) is 1. The minimum atomic E-state index is -1.16. The molecule has 4 N–H and O–H groups in total. The largest absolute Gasteiger partial charge is 0.484 e. The highest BCUT2D eigenvalue weighted by Crippen LogP contribution is 2.40. The van der Waals surface area contributed by atoms with Crippen molar-refractivity contribution >= 4 is 47.8 Å². The number of aromatic amines is 1. The van der Waals surface area contributed by atoms with Crippen LogP contribution >= 0.6 is 24.0 Å². The lowest BCUT2D eigenvalue weighted by Crippen LogP contribution is -2.44. The first-order chi connectivity index (χ1) is 21.4. The Hall–Kier alpha value is -4.35. The van der Waals surface area contributed by atoms with E-state index in [1.165, 1.54) is 12.8 Å². The van der Waals surface area contributed by atoms with E-state index in [9.17, 15) is 14.4 Å². The fraction of sp³-hybridized carbons (Fsp3) is 0.273. The number of hydrogen-bond donors (Lipinski definition) is 5. The summed E-state index contributed by atoms with van der Waals surface area (Å²) in [5, 5.41) is 15.2. The highest BCUT2D eigenvalue weighted by Gasteiger charge is 2.19. The molecule has 2 aromatic carbocycles. The molecule has 0 saturated heterocycles. The molecule has 0 saturated carbocycles. The average molecular weight is 633 g/mol. The van der Waals surface area contributed by atoms with E-state index in [0.29, 0.717) is 12.3 Å². The maximum Gasteiger partial charge on any atom is 0.327 e. The third-order valence-corrected chi connectivity index (χ3v) is 8.20. The number of aromatic nitrogens is 2. The monoisotopic (exact) mass is 632 g/mol. The Balaban J connectivity index is 1.46. The van der Waals surface area contributed by atoms with Gasteiger partial charge in [-0.05, 0) is 60.0 Å². The van der Waals surface area contributed by atoms with Gasteiger partial charge in [0.1, 0.15) is 16.8 Å². The van der Waals surface area contributed by atoms with E-state index in [-0.39, 0.29) is 18.3 Å². The predicted octanol–water partition coefficient (Wildman–Crippen LogP) is 6.06. The lowest BCUT2D eigenvalue weighted by molar-refractivity contribution is -0.141. The molecule has 0 fully saturated rings. The summed E-state index contributed by atoms with van der Waals surface area (Å²) in [5.74, 6) is -1.36. The van der Waals surface area contributed by atoms with E-state index in [1.807, 2.05) is 60.8 Å². The molecule has 1 unspecified atom stereocenters. The normalized spacial score (nSPS) is 11.8. The molecule has 0 aliphatic heterocycles. The maximum absolute atomic E-state index is 12.2. The van der Waals surface area contributed by atoms with Crippen LogP contribution in [0.15, 0.2) is 72.9 Å². The number of aliphatic carboxylic acids is 1. The number of thiazole rings is 1. The van der Waals surface area contributed by atoms with Crippen LogP contribution in [0.5, 0.6) is 5.75 Å². The van der Waals surface area contributed by atoms with E-state index in [0.717, 1.165) is 50.8 Å². The van der Waals surface area contributed by atoms with Crippen molar-refractivity contribution in [2.45, 2.75) is 38.6 Å². The van der Waals surface area contributed by atoms with Crippen molar-refractivity contribution in [3.8, 4) is 38.1 Å². The van der Waals surface area contributed by atoms with Gasteiger partial charge in [-0.25, -0.2) is 9.78 Å². The fourth-order valence-corrected chi connectivity index (χ4v) is 5.64. The third-order valence-electron chi connectivity index (χ3n) is 6.70. The Kier molecular flexibility index (Phi) is 12.2. The van der Waals surface area contributed by atoms with E-state index >= 15 is 0 Å². The van der Waals surface area contributed by atoms with Crippen LogP contribution in [0.2, 0.25) is 0 Å². The van der Waals surface area contributed by atoms with E-state index in [1.54, 1.807) is 29.5 Å². The van der Waals surface area contributed by atoms with Gasteiger partial charge in [0.05, 0.1) is 16.3 Å². The SMILES string of the molecule is CCCCCCNC(=O)C=Cc1ccc(-c2sc(-c3ccc[nH]3)nc2-c2ccc(OCC(=O)NC(CS)C(=O)O)cc2)cc1. The molecular formula is C33H36N4O5S2. The second kappa shape index (κ2) is 16.5. The van der Waals surface area contributed by atoms with Crippen molar-refractivity contribution in [2.75, 3.05) is 18.9 Å². The summed E-state index contributed by atoms with van der Waals surface area (Å²) in [6.45, 7) is 2.53. The van der Waals surface area contributed by atoms with Gasteiger partial charge in [0, 0.05) is 30.1 Å². The van der Waals surface area contributed by atoms with Gasteiger partial charge in [-0.2, -0.15) is 12.6 Å². The third kappa shape index (κ3) is 9.32. The number of nitrogens with zero attached hydrogens (tertiary/aromatic N) is 1. The summed E-state index contributed by atoms with van der Waals surface area (Å²) in [6, 6.07) is 18.0. The number of H-pyrrole nitrogens is 1. The molecule has 0 aliphatic carbocycles. The molecule has 4 aromatic rings. The van der Waals surface area contributed by atoms with Crippen LogP contribution < -0.4 is 15.4 Å². The minimum absolute atomic E-state index is 0.0218. The molecule has 11 heteroatoms. The van der Waals surface area contributed by atoms with E-state index in [2.05, 4.69) is 35.2 Å². The number of carbonyl (C=O) groups excluding carboxylic acids is 2. The predicted molar refractivity (Wildman–Crippen MR) is 178 cm³/mol. The molecule has 0 bridgehead atoms. The summed E-state index contributed by atoms with van der Waals surface area (Å²) < 4.78 is 5.57. The zero-order valence-electron chi connectivity index (χ0n) is 24.4. The molecule has 2 amide bonds. The molecule has 2 heterocycles. The topological polar surface area (TPSA) is 133 Å². The summed E-state index contributed by atoms with van der Waals surface area (Å²) in [6.07, 6.45) is 9.69. The van der Waals surface area contributed by atoms with Crippen LogP contribution in [0.25, 0.3) is 38.5 Å². The fourth-order valence-electron chi connectivity index (χ4n) is 4.31. The average Bonchev–Trinajstić information content (AvgIpc) is 3.73. The lowest BCUT2D eigenvalue weighted by Gasteiger charge is -2.12. The van der Waals surface area contributed by atoms with Crippen LogP contribution in [0.3, 0.4) is 0 Å². The lowest BCUT2D eigenvalue weighted by atomic mass is 10.0. The van der Waals surface area contributed by atoms with E-state index in [4.69, 9.17) is 14.8 Å². The number of carboxylic acids is 1. The number of thiol groups is 1. The van der Waals surface area contributed by atoms with Crippen molar-refractivity contribution in [3.63, 3.8) is 0 Å². The maximum atomic E-state index is 12.2. The number of unbranched alkanes of at least 4 members (excludes halogenated alkanes) is 3. The summed E-state index contributed by atoms with van der Waals surface area (Å²) in [5.41, 5.74) is 4.48. The van der Waals surface area contributed by atoms with Gasteiger partial charge in [0.15, 0.2) is 6.61 Å². The Morgan fingerprint density at radius 3 is 2.45 bits per heavy atom. The highest BCUT2D eigenvalue weighted by molar-refractivity contribution is 7.80. The zero-order chi connectivity index (χ0) is 31.3. The van der Waals surface area contributed by atoms with Crippen LogP contribution in [-0.4, -0.2) is 57.8 Å². The quantitative estimate of drug-likeness (QED) is 0.0580. The van der Waals surface area contributed by atoms with Gasteiger partial charge in [-0.3, -0.25) is 9.59 Å². The van der Waals surface area contributed by atoms with Crippen LogP contribution in [0.1, 0.15) is 38.2 Å². The van der Waals surface area contributed by atoms with Gasteiger partial charge < -0.3 is 25.5 Å². The van der Waals surface area contributed by atoms with Gasteiger partial charge in [0.2, 0.25) is 5.91 Å². The smallest absolute Gasteiger partial charge is 0.327 e. The van der Waals surface area contributed by atoms with Crippen molar-refractivity contribution < 1.29 is 24.2 Å². The van der Waals surface area contributed by atoms with Crippen molar-refractivity contribution in [3.05, 3.63) is 78.5 Å². The number of rotatable bonds is 16. The number of nitrogens with one attached hydrogen (secondary N) is 3. The summed E-state index contributed by atoms with van der Waals surface area (Å²) >= 11 is 5.52. The molecule has 230 valence electrons. The number of carbonyl (C=O) groups is 3. The van der Waals surface area contributed by atoms with Crippen LogP contribution in [0.4, 0.5) is 0 Å². The van der Waals surface area contributed by atoms with Crippen LogP contribution in [0, 0.1) is 0 Å². The zero-order valence-corrected chi connectivity index (χ0v) is 26.1. The van der Waals surface area contributed by atoms with Gasteiger partial charge in [-0.1, -0.05) is 50.5 Å². The number of amides is 2.